The summed E-state index contributed by atoms with van der Waals surface area (Å²) in [4.78, 5) is 2.35. The summed E-state index contributed by atoms with van der Waals surface area (Å²) in [6.45, 7) is 3.00. The lowest BCUT2D eigenvalue weighted by Gasteiger charge is -2.25. The summed E-state index contributed by atoms with van der Waals surface area (Å²) in [5, 5.41) is 0. The molecule has 0 heterocycles. The zero-order valence-electron chi connectivity index (χ0n) is 12.2. The van der Waals surface area contributed by atoms with Gasteiger partial charge in [-0.15, -0.1) is 0 Å². The Morgan fingerprint density at radius 2 is 1.29 bits per heavy atom. The van der Waals surface area contributed by atoms with Crippen LogP contribution in [0.4, 0.5) is 11.4 Å². The van der Waals surface area contributed by atoms with Crippen LogP contribution in [-0.4, -0.2) is 0 Å². The van der Waals surface area contributed by atoms with Crippen LogP contribution < -0.4 is 4.90 Å². The van der Waals surface area contributed by atoms with E-state index in [9.17, 15) is 0 Å². The van der Waals surface area contributed by atoms with Gasteiger partial charge in [-0.25, -0.2) is 0 Å². The molecular formula is C20H19N. The van der Waals surface area contributed by atoms with Crippen molar-refractivity contribution < 1.29 is 0 Å². The SMILES string of the molecule is Cc1cccc(N(Cc2ccccc2)c2ccccc2)c1. The molecule has 0 radical (unpaired) electrons. The molecule has 104 valence electrons. The monoisotopic (exact) mass is 273 g/mol. The fourth-order valence-electron chi connectivity index (χ4n) is 2.50. The molecule has 3 aromatic rings. The van der Waals surface area contributed by atoms with E-state index in [1.54, 1.807) is 0 Å². The van der Waals surface area contributed by atoms with Gasteiger partial charge in [-0.3, -0.25) is 0 Å². The van der Waals surface area contributed by atoms with Crippen molar-refractivity contribution in [3.8, 4) is 0 Å². The van der Waals surface area contributed by atoms with Crippen LogP contribution in [0.5, 0.6) is 0 Å². The molecule has 3 aromatic carbocycles. The number of benzene rings is 3. The van der Waals surface area contributed by atoms with Crippen LogP contribution in [0, 0.1) is 6.92 Å². The second kappa shape index (κ2) is 6.27. The van der Waals surface area contributed by atoms with Crippen LogP contribution in [0.2, 0.25) is 0 Å². The second-order valence-corrected chi connectivity index (χ2v) is 5.25. The van der Waals surface area contributed by atoms with Gasteiger partial charge in [-0.1, -0.05) is 60.7 Å². The van der Waals surface area contributed by atoms with Crippen molar-refractivity contribution in [3.63, 3.8) is 0 Å². The number of aryl methyl sites for hydroxylation is 1. The van der Waals surface area contributed by atoms with E-state index < -0.39 is 0 Å². The minimum absolute atomic E-state index is 0.869. The highest BCUT2D eigenvalue weighted by Crippen LogP contribution is 2.27. The fourth-order valence-corrected chi connectivity index (χ4v) is 2.50. The van der Waals surface area contributed by atoms with Crippen molar-refractivity contribution in [2.24, 2.45) is 0 Å². The lowest BCUT2D eigenvalue weighted by atomic mass is 10.1. The summed E-state index contributed by atoms with van der Waals surface area (Å²) in [5.41, 5.74) is 5.03. The molecule has 0 aliphatic carbocycles. The lowest BCUT2D eigenvalue weighted by molar-refractivity contribution is 0.974. The predicted molar refractivity (Wildman–Crippen MR) is 89.9 cm³/mol. The quantitative estimate of drug-likeness (QED) is 0.620. The number of hydrogen-bond acceptors (Lipinski definition) is 1. The standard InChI is InChI=1S/C20H19N/c1-17-9-8-14-20(15-17)21(19-12-6-3-7-13-19)16-18-10-4-2-5-11-18/h2-15H,16H2,1H3. The third kappa shape index (κ3) is 3.32. The van der Waals surface area contributed by atoms with E-state index in [4.69, 9.17) is 0 Å². The van der Waals surface area contributed by atoms with Gasteiger partial charge in [-0.05, 0) is 42.3 Å². The van der Waals surface area contributed by atoms with Gasteiger partial charge in [0.05, 0.1) is 0 Å². The Labute approximate surface area is 126 Å². The molecule has 0 atom stereocenters. The molecule has 0 aliphatic rings. The molecule has 0 saturated carbocycles. The first-order valence-corrected chi connectivity index (χ1v) is 7.26. The maximum absolute atomic E-state index is 2.35. The van der Waals surface area contributed by atoms with E-state index in [0.717, 1.165) is 6.54 Å². The Morgan fingerprint density at radius 1 is 0.667 bits per heavy atom. The number of para-hydroxylation sites is 1. The third-order valence-corrected chi connectivity index (χ3v) is 3.56. The third-order valence-electron chi connectivity index (χ3n) is 3.56. The second-order valence-electron chi connectivity index (χ2n) is 5.25. The minimum Gasteiger partial charge on any atom is -0.337 e. The molecule has 3 rings (SSSR count). The Bertz CT molecular complexity index is 689. The fraction of sp³-hybridized carbons (Fsp3) is 0.100. The van der Waals surface area contributed by atoms with Crippen molar-refractivity contribution in [2.75, 3.05) is 4.90 Å². The molecule has 0 amide bonds. The van der Waals surface area contributed by atoms with E-state index >= 15 is 0 Å². The Balaban J connectivity index is 1.99. The first-order chi connectivity index (χ1) is 10.3. The predicted octanol–water partition coefficient (Wildman–Crippen LogP) is 5.33. The number of nitrogens with zero attached hydrogens (tertiary/aromatic N) is 1. The first-order valence-electron chi connectivity index (χ1n) is 7.26. The van der Waals surface area contributed by atoms with Crippen LogP contribution in [-0.2, 0) is 6.54 Å². The van der Waals surface area contributed by atoms with Crippen molar-refractivity contribution in [3.05, 3.63) is 96.1 Å². The molecule has 0 bridgehead atoms. The van der Waals surface area contributed by atoms with Crippen LogP contribution in [0.15, 0.2) is 84.9 Å². The van der Waals surface area contributed by atoms with Gasteiger partial charge in [0.25, 0.3) is 0 Å². The van der Waals surface area contributed by atoms with Crippen LogP contribution in [0.3, 0.4) is 0 Å². The smallest absolute Gasteiger partial charge is 0.0481 e. The largest absolute Gasteiger partial charge is 0.337 e. The Kier molecular flexibility index (Phi) is 4.02. The van der Waals surface area contributed by atoms with Gasteiger partial charge in [-0.2, -0.15) is 0 Å². The highest BCUT2D eigenvalue weighted by Gasteiger charge is 2.09. The molecule has 0 fully saturated rings. The molecule has 1 nitrogen and oxygen atoms in total. The summed E-state index contributed by atoms with van der Waals surface area (Å²) >= 11 is 0. The summed E-state index contributed by atoms with van der Waals surface area (Å²) in [6, 6.07) is 29.8. The minimum atomic E-state index is 0.869. The molecule has 0 saturated heterocycles. The summed E-state index contributed by atoms with van der Waals surface area (Å²) in [7, 11) is 0. The van der Waals surface area contributed by atoms with Crippen LogP contribution in [0.1, 0.15) is 11.1 Å². The molecule has 21 heavy (non-hydrogen) atoms. The Hall–Kier alpha value is -2.54. The van der Waals surface area contributed by atoms with Crippen molar-refractivity contribution >= 4 is 11.4 Å². The van der Waals surface area contributed by atoms with Gasteiger partial charge in [0, 0.05) is 17.9 Å². The van der Waals surface area contributed by atoms with E-state index in [2.05, 4.69) is 96.8 Å². The van der Waals surface area contributed by atoms with E-state index in [-0.39, 0.29) is 0 Å². The van der Waals surface area contributed by atoms with Crippen LogP contribution >= 0.6 is 0 Å². The molecule has 0 spiro atoms. The number of hydrogen-bond donors (Lipinski definition) is 0. The van der Waals surface area contributed by atoms with Gasteiger partial charge in [0.15, 0.2) is 0 Å². The zero-order valence-corrected chi connectivity index (χ0v) is 12.2. The molecule has 0 N–H and O–H groups in total. The van der Waals surface area contributed by atoms with Gasteiger partial charge in [0.2, 0.25) is 0 Å². The Morgan fingerprint density at radius 3 is 1.95 bits per heavy atom. The van der Waals surface area contributed by atoms with Crippen LogP contribution in [0.25, 0.3) is 0 Å². The molecule has 0 aliphatic heterocycles. The van der Waals surface area contributed by atoms with Crippen molar-refractivity contribution in [1.82, 2.24) is 0 Å². The van der Waals surface area contributed by atoms with Gasteiger partial charge in [0.1, 0.15) is 0 Å². The van der Waals surface area contributed by atoms with Crippen molar-refractivity contribution in [2.45, 2.75) is 13.5 Å². The van der Waals surface area contributed by atoms with E-state index in [1.165, 1.54) is 22.5 Å². The average molecular weight is 273 g/mol. The molecule has 0 aromatic heterocycles. The van der Waals surface area contributed by atoms with Crippen molar-refractivity contribution in [1.29, 1.82) is 0 Å². The average Bonchev–Trinajstić information content (AvgIpc) is 2.54. The van der Waals surface area contributed by atoms with Gasteiger partial charge < -0.3 is 4.90 Å². The van der Waals surface area contributed by atoms with E-state index in [1.807, 2.05) is 0 Å². The maximum atomic E-state index is 2.35. The number of anilines is 2. The molecular weight excluding hydrogens is 254 g/mol. The lowest BCUT2D eigenvalue weighted by Crippen LogP contribution is -2.16. The zero-order chi connectivity index (χ0) is 14.5. The highest BCUT2D eigenvalue weighted by molar-refractivity contribution is 5.63. The normalized spacial score (nSPS) is 10.3. The topological polar surface area (TPSA) is 3.24 Å². The summed E-state index contributed by atoms with van der Waals surface area (Å²) in [5.74, 6) is 0. The van der Waals surface area contributed by atoms with E-state index in [0.29, 0.717) is 0 Å². The maximum Gasteiger partial charge on any atom is 0.0481 e. The first kappa shape index (κ1) is 13.4. The molecule has 0 unspecified atom stereocenters. The highest BCUT2D eigenvalue weighted by atomic mass is 15.1. The summed E-state index contributed by atoms with van der Waals surface area (Å²) < 4.78 is 0. The van der Waals surface area contributed by atoms with Gasteiger partial charge >= 0.3 is 0 Å². The summed E-state index contributed by atoms with van der Waals surface area (Å²) in [6.07, 6.45) is 0. The molecule has 1 heteroatoms. The number of rotatable bonds is 4.